The molecular formula is C19H12FN5O2. The minimum Gasteiger partial charge on any atom is -0.467 e. The van der Waals surface area contributed by atoms with Crippen LogP contribution in [0.5, 0.6) is 0 Å². The van der Waals surface area contributed by atoms with Crippen LogP contribution in [0.2, 0.25) is 0 Å². The molecule has 0 fully saturated rings. The van der Waals surface area contributed by atoms with Crippen LogP contribution in [-0.4, -0.2) is 24.1 Å². The van der Waals surface area contributed by atoms with Gasteiger partial charge in [0.2, 0.25) is 0 Å². The van der Waals surface area contributed by atoms with Crippen molar-refractivity contribution in [1.29, 1.82) is 0 Å². The lowest BCUT2D eigenvalue weighted by Gasteiger charge is -2.11. The van der Waals surface area contributed by atoms with Crippen LogP contribution in [-0.2, 0) is 6.54 Å². The van der Waals surface area contributed by atoms with Crippen LogP contribution >= 0.6 is 0 Å². The molecule has 0 aliphatic heterocycles. The molecule has 0 bridgehead atoms. The topological polar surface area (TPSA) is 78.2 Å². The van der Waals surface area contributed by atoms with Crippen LogP contribution < -0.4 is 5.56 Å². The van der Waals surface area contributed by atoms with E-state index in [1.165, 1.54) is 23.0 Å². The van der Waals surface area contributed by atoms with Crippen molar-refractivity contribution in [2.75, 3.05) is 0 Å². The van der Waals surface area contributed by atoms with Gasteiger partial charge in [-0.1, -0.05) is 0 Å². The van der Waals surface area contributed by atoms with Gasteiger partial charge in [-0.05, 0) is 42.5 Å². The zero-order valence-electron chi connectivity index (χ0n) is 13.9. The average molecular weight is 361 g/mol. The maximum absolute atomic E-state index is 13.4. The summed E-state index contributed by atoms with van der Waals surface area (Å²) in [7, 11) is 0. The fourth-order valence-corrected chi connectivity index (χ4v) is 3.13. The van der Waals surface area contributed by atoms with Crippen molar-refractivity contribution in [3.8, 4) is 11.3 Å². The Hall–Kier alpha value is -3.81. The van der Waals surface area contributed by atoms with Gasteiger partial charge in [0.1, 0.15) is 17.9 Å². The van der Waals surface area contributed by atoms with E-state index >= 15 is 0 Å². The number of rotatable bonds is 3. The molecule has 0 spiro atoms. The van der Waals surface area contributed by atoms with Gasteiger partial charge in [0.15, 0.2) is 0 Å². The lowest BCUT2D eigenvalue weighted by Crippen LogP contribution is -2.21. The second-order valence-electron chi connectivity index (χ2n) is 6.03. The largest absolute Gasteiger partial charge is 0.467 e. The van der Waals surface area contributed by atoms with Crippen molar-refractivity contribution in [3.05, 3.63) is 83.2 Å². The number of benzene rings is 1. The van der Waals surface area contributed by atoms with Crippen molar-refractivity contribution in [2.24, 2.45) is 0 Å². The Morgan fingerprint density at radius 1 is 1.11 bits per heavy atom. The van der Waals surface area contributed by atoms with Gasteiger partial charge >= 0.3 is 0 Å². The number of hydrogen-bond acceptors (Lipinski definition) is 5. The monoisotopic (exact) mass is 361 g/mol. The first kappa shape index (κ1) is 15.4. The number of fused-ring (bicyclic) bond motifs is 2. The van der Waals surface area contributed by atoms with Gasteiger partial charge in [-0.25, -0.2) is 9.37 Å². The van der Waals surface area contributed by atoms with Crippen LogP contribution in [0.4, 0.5) is 4.39 Å². The van der Waals surface area contributed by atoms with Crippen LogP contribution in [0, 0.1) is 5.82 Å². The molecule has 27 heavy (non-hydrogen) atoms. The maximum atomic E-state index is 13.4. The highest BCUT2D eigenvalue weighted by molar-refractivity contribution is 5.93. The molecule has 0 saturated heterocycles. The first-order valence-corrected chi connectivity index (χ1v) is 8.22. The van der Waals surface area contributed by atoms with E-state index in [0.717, 1.165) is 0 Å². The van der Waals surface area contributed by atoms with Crippen molar-refractivity contribution in [2.45, 2.75) is 6.54 Å². The van der Waals surface area contributed by atoms with Gasteiger partial charge < -0.3 is 8.98 Å². The van der Waals surface area contributed by atoms with Gasteiger partial charge in [-0.15, -0.1) is 0 Å². The van der Waals surface area contributed by atoms with E-state index in [-0.39, 0.29) is 11.4 Å². The van der Waals surface area contributed by atoms with Gasteiger partial charge in [-0.3, -0.25) is 4.79 Å². The third-order valence-corrected chi connectivity index (χ3v) is 4.37. The molecule has 0 saturated carbocycles. The summed E-state index contributed by atoms with van der Waals surface area (Å²) in [5, 5.41) is 4.58. The van der Waals surface area contributed by atoms with Crippen LogP contribution in [0.15, 0.2) is 70.5 Å². The molecular weight excluding hydrogens is 349 g/mol. The standard InChI is InChI=1S/C19H12FN5O2/c20-13-5-3-12(4-6-13)17-16-15(23-19-21-11-22-25(17)19)7-8-24(18(16)26)10-14-2-1-9-27-14/h1-9,11H,10H2. The third-order valence-electron chi connectivity index (χ3n) is 4.37. The lowest BCUT2D eigenvalue weighted by molar-refractivity contribution is 0.490. The summed E-state index contributed by atoms with van der Waals surface area (Å²) >= 11 is 0. The third kappa shape index (κ3) is 2.50. The van der Waals surface area contributed by atoms with Gasteiger partial charge in [0, 0.05) is 11.8 Å². The van der Waals surface area contributed by atoms with E-state index in [2.05, 4.69) is 15.1 Å². The average Bonchev–Trinajstić information content (AvgIpc) is 3.35. The zero-order valence-corrected chi connectivity index (χ0v) is 13.9. The Kier molecular flexibility index (Phi) is 3.36. The maximum Gasteiger partial charge on any atom is 0.262 e. The van der Waals surface area contributed by atoms with Gasteiger partial charge in [-0.2, -0.15) is 14.6 Å². The van der Waals surface area contributed by atoms with E-state index in [1.54, 1.807) is 47.4 Å². The molecule has 4 aromatic heterocycles. The molecule has 132 valence electrons. The normalized spacial score (nSPS) is 11.4. The minimum atomic E-state index is -0.359. The highest BCUT2D eigenvalue weighted by Crippen LogP contribution is 2.26. The Morgan fingerprint density at radius 2 is 1.96 bits per heavy atom. The van der Waals surface area contributed by atoms with Crippen LogP contribution in [0.1, 0.15) is 5.76 Å². The molecule has 4 heterocycles. The first-order valence-electron chi connectivity index (χ1n) is 8.22. The second-order valence-corrected chi connectivity index (χ2v) is 6.03. The van der Waals surface area contributed by atoms with Crippen LogP contribution in [0.3, 0.4) is 0 Å². The molecule has 7 nitrogen and oxygen atoms in total. The minimum absolute atomic E-state index is 0.242. The van der Waals surface area contributed by atoms with Crippen LogP contribution in [0.25, 0.3) is 27.9 Å². The molecule has 0 N–H and O–H groups in total. The molecule has 5 aromatic rings. The summed E-state index contributed by atoms with van der Waals surface area (Å²) in [6.45, 7) is 0.292. The second kappa shape index (κ2) is 5.87. The summed E-state index contributed by atoms with van der Waals surface area (Å²) in [4.78, 5) is 21.8. The fourth-order valence-electron chi connectivity index (χ4n) is 3.13. The van der Waals surface area contributed by atoms with Crippen molar-refractivity contribution < 1.29 is 8.81 Å². The summed E-state index contributed by atoms with van der Waals surface area (Å²) in [6, 6.07) is 11.2. The van der Waals surface area contributed by atoms with E-state index in [9.17, 15) is 9.18 Å². The van der Waals surface area contributed by atoms with E-state index in [0.29, 0.717) is 40.2 Å². The Morgan fingerprint density at radius 3 is 2.74 bits per heavy atom. The Labute approximate surface area is 151 Å². The molecule has 0 aliphatic carbocycles. The van der Waals surface area contributed by atoms with Crippen molar-refractivity contribution in [1.82, 2.24) is 24.1 Å². The highest BCUT2D eigenvalue weighted by atomic mass is 19.1. The molecule has 0 unspecified atom stereocenters. The number of nitrogens with zero attached hydrogens (tertiary/aromatic N) is 5. The van der Waals surface area contributed by atoms with E-state index in [1.807, 2.05) is 0 Å². The number of aromatic nitrogens is 5. The molecule has 0 atom stereocenters. The molecule has 1 aromatic carbocycles. The molecule has 0 amide bonds. The first-order chi connectivity index (χ1) is 13.2. The summed E-state index contributed by atoms with van der Waals surface area (Å²) in [5.41, 5.74) is 1.42. The molecule has 0 aliphatic rings. The summed E-state index contributed by atoms with van der Waals surface area (Å²) in [6.07, 6.45) is 4.60. The van der Waals surface area contributed by atoms with Crippen molar-refractivity contribution in [3.63, 3.8) is 0 Å². The SMILES string of the molecule is O=c1c2c(-c3ccc(F)cc3)n3ncnc3nc2ccn1Cc1ccco1. The van der Waals surface area contributed by atoms with E-state index in [4.69, 9.17) is 4.42 Å². The number of halogens is 1. The van der Waals surface area contributed by atoms with Gasteiger partial charge in [0.25, 0.3) is 11.3 Å². The molecule has 8 heteroatoms. The Bertz CT molecular complexity index is 1320. The predicted octanol–water partition coefficient (Wildman–Crippen LogP) is 2.89. The number of pyridine rings is 1. The van der Waals surface area contributed by atoms with Crippen molar-refractivity contribution >= 4 is 16.7 Å². The molecule has 0 radical (unpaired) electrons. The zero-order chi connectivity index (χ0) is 18.4. The predicted molar refractivity (Wildman–Crippen MR) is 95.8 cm³/mol. The Balaban J connectivity index is 1.84. The van der Waals surface area contributed by atoms with Gasteiger partial charge in [0.05, 0.1) is 29.4 Å². The van der Waals surface area contributed by atoms with E-state index < -0.39 is 0 Å². The number of hydrogen-bond donors (Lipinski definition) is 0. The highest BCUT2D eigenvalue weighted by Gasteiger charge is 2.17. The fraction of sp³-hybridized carbons (Fsp3) is 0.0526. The quantitative estimate of drug-likeness (QED) is 0.494. The summed E-state index contributed by atoms with van der Waals surface area (Å²) in [5.74, 6) is 0.668. The summed E-state index contributed by atoms with van der Waals surface area (Å²) < 4.78 is 21.8. The number of furan rings is 1. The molecule has 5 rings (SSSR count). The lowest BCUT2D eigenvalue weighted by atomic mass is 10.1. The smallest absolute Gasteiger partial charge is 0.262 e.